The van der Waals surface area contributed by atoms with Gasteiger partial charge in [0.2, 0.25) is 5.91 Å². The Morgan fingerprint density at radius 2 is 2.22 bits per heavy atom. The first kappa shape index (κ1) is 18.1. The zero-order valence-electron chi connectivity index (χ0n) is 11.5. The number of unbranched alkanes of at least 4 members (excludes halogenated alkanes) is 1. The fourth-order valence-electron chi connectivity index (χ4n) is 1.98. The standard InChI is InChI=1S/C13H26N2OS.ClH/c1-3-4-8-17-9-6-13(16)15-12-10-14-7-5-11(12)2;/h11-12,14H,3-10H2,1-2H3,(H,15,16);1H. The Hall–Kier alpha value is 0.0700. The molecule has 1 amide bonds. The first-order valence-corrected chi connectivity index (χ1v) is 7.97. The number of halogens is 1. The zero-order chi connectivity index (χ0) is 12.5. The lowest BCUT2D eigenvalue weighted by atomic mass is 9.95. The summed E-state index contributed by atoms with van der Waals surface area (Å²) in [6.07, 6.45) is 4.33. The fourth-order valence-corrected chi connectivity index (χ4v) is 3.00. The van der Waals surface area contributed by atoms with Crippen LogP contribution < -0.4 is 10.6 Å². The van der Waals surface area contributed by atoms with E-state index in [1.54, 1.807) is 0 Å². The molecule has 0 saturated carbocycles. The molecule has 5 heteroatoms. The molecule has 1 saturated heterocycles. The van der Waals surface area contributed by atoms with Gasteiger partial charge in [0.15, 0.2) is 0 Å². The molecule has 2 N–H and O–H groups in total. The van der Waals surface area contributed by atoms with Crippen LogP contribution in [0.5, 0.6) is 0 Å². The zero-order valence-corrected chi connectivity index (χ0v) is 13.2. The first-order chi connectivity index (χ1) is 8.24. The number of hydrogen-bond acceptors (Lipinski definition) is 3. The maximum absolute atomic E-state index is 11.7. The molecule has 0 aromatic rings. The van der Waals surface area contributed by atoms with Gasteiger partial charge in [0.25, 0.3) is 0 Å². The molecule has 0 aromatic carbocycles. The molecule has 1 aliphatic rings. The Balaban J connectivity index is 0.00000289. The Morgan fingerprint density at radius 1 is 1.44 bits per heavy atom. The van der Waals surface area contributed by atoms with Crippen molar-refractivity contribution in [1.29, 1.82) is 0 Å². The number of nitrogens with one attached hydrogen (secondary N) is 2. The van der Waals surface area contributed by atoms with Crippen molar-refractivity contribution in [2.45, 2.75) is 45.6 Å². The number of thioether (sulfide) groups is 1. The Morgan fingerprint density at radius 3 is 2.89 bits per heavy atom. The van der Waals surface area contributed by atoms with Crippen molar-refractivity contribution in [3.63, 3.8) is 0 Å². The van der Waals surface area contributed by atoms with Crippen molar-refractivity contribution in [3.8, 4) is 0 Å². The summed E-state index contributed by atoms with van der Waals surface area (Å²) < 4.78 is 0. The van der Waals surface area contributed by atoms with E-state index in [2.05, 4.69) is 24.5 Å². The molecule has 1 rings (SSSR count). The quantitative estimate of drug-likeness (QED) is 0.709. The lowest BCUT2D eigenvalue weighted by Crippen LogP contribution is -2.50. The van der Waals surface area contributed by atoms with Crippen molar-refractivity contribution in [2.24, 2.45) is 5.92 Å². The molecule has 0 spiro atoms. The van der Waals surface area contributed by atoms with Crippen molar-refractivity contribution in [3.05, 3.63) is 0 Å². The number of carbonyl (C=O) groups is 1. The minimum atomic E-state index is 0. The van der Waals surface area contributed by atoms with Crippen molar-refractivity contribution >= 4 is 30.1 Å². The average molecular weight is 295 g/mol. The summed E-state index contributed by atoms with van der Waals surface area (Å²) in [4.78, 5) is 11.7. The second-order valence-electron chi connectivity index (χ2n) is 4.86. The monoisotopic (exact) mass is 294 g/mol. The van der Waals surface area contributed by atoms with Crippen LogP contribution in [0.2, 0.25) is 0 Å². The van der Waals surface area contributed by atoms with Gasteiger partial charge in [-0.25, -0.2) is 0 Å². The Kier molecular flexibility index (Phi) is 11.0. The van der Waals surface area contributed by atoms with Gasteiger partial charge in [-0.05, 0) is 31.1 Å². The SMILES string of the molecule is CCCCSCCC(=O)NC1CNCCC1C.Cl. The molecule has 0 aromatic heterocycles. The van der Waals surface area contributed by atoms with Gasteiger partial charge in [-0.15, -0.1) is 12.4 Å². The van der Waals surface area contributed by atoms with E-state index in [9.17, 15) is 4.79 Å². The van der Waals surface area contributed by atoms with Gasteiger partial charge in [0, 0.05) is 24.8 Å². The van der Waals surface area contributed by atoms with E-state index in [1.807, 2.05) is 11.8 Å². The molecule has 1 aliphatic heterocycles. The third kappa shape index (κ3) is 7.49. The lowest BCUT2D eigenvalue weighted by Gasteiger charge is -2.30. The van der Waals surface area contributed by atoms with E-state index in [0.717, 1.165) is 25.3 Å². The van der Waals surface area contributed by atoms with Gasteiger partial charge in [-0.3, -0.25) is 4.79 Å². The highest BCUT2D eigenvalue weighted by Gasteiger charge is 2.22. The maximum Gasteiger partial charge on any atom is 0.221 e. The predicted molar refractivity (Wildman–Crippen MR) is 82.7 cm³/mol. The largest absolute Gasteiger partial charge is 0.352 e. The van der Waals surface area contributed by atoms with E-state index in [4.69, 9.17) is 0 Å². The lowest BCUT2D eigenvalue weighted by molar-refractivity contribution is -0.121. The van der Waals surface area contributed by atoms with E-state index in [-0.39, 0.29) is 18.3 Å². The summed E-state index contributed by atoms with van der Waals surface area (Å²) in [5, 5.41) is 6.48. The Labute approximate surface area is 122 Å². The molecular weight excluding hydrogens is 268 g/mol. The molecule has 0 aliphatic carbocycles. The van der Waals surface area contributed by atoms with Crippen molar-refractivity contribution < 1.29 is 4.79 Å². The number of carbonyl (C=O) groups excluding carboxylic acids is 1. The van der Waals surface area contributed by atoms with E-state index in [0.29, 0.717) is 18.4 Å². The summed E-state index contributed by atoms with van der Waals surface area (Å²) in [5.41, 5.74) is 0. The number of piperidine rings is 1. The highest BCUT2D eigenvalue weighted by Crippen LogP contribution is 2.12. The van der Waals surface area contributed by atoms with Crippen LogP contribution in [0.1, 0.15) is 39.5 Å². The first-order valence-electron chi connectivity index (χ1n) is 6.82. The third-order valence-electron chi connectivity index (χ3n) is 3.29. The highest BCUT2D eigenvalue weighted by molar-refractivity contribution is 7.99. The van der Waals surface area contributed by atoms with Gasteiger partial charge in [0.05, 0.1) is 0 Å². The van der Waals surface area contributed by atoms with Gasteiger partial charge in [0.1, 0.15) is 0 Å². The molecule has 2 unspecified atom stereocenters. The maximum atomic E-state index is 11.7. The molecule has 0 radical (unpaired) electrons. The topological polar surface area (TPSA) is 41.1 Å². The molecule has 2 atom stereocenters. The normalized spacial score (nSPS) is 23.2. The minimum absolute atomic E-state index is 0. The number of rotatable bonds is 7. The van der Waals surface area contributed by atoms with Crippen molar-refractivity contribution in [1.82, 2.24) is 10.6 Å². The van der Waals surface area contributed by atoms with Gasteiger partial charge in [-0.1, -0.05) is 20.3 Å². The van der Waals surface area contributed by atoms with Gasteiger partial charge >= 0.3 is 0 Å². The summed E-state index contributed by atoms with van der Waals surface area (Å²) in [7, 11) is 0. The van der Waals surface area contributed by atoms with E-state index < -0.39 is 0 Å². The molecule has 1 fully saturated rings. The highest BCUT2D eigenvalue weighted by atomic mass is 35.5. The summed E-state index contributed by atoms with van der Waals surface area (Å²) in [6, 6.07) is 0.330. The van der Waals surface area contributed by atoms with Crippen molar-refractivity contribution in [2.75, 3.05) is 24.6 Å². The molecule has 1 heterocycles. The molecule has 108 valence electrons. The summed E-state index contributed by atoms with van der Waals surface area (Å²) in [5.74, 6) is 2.97. The van der Waals surface area contributed by atoms with Crippen LogP contribution in [-0.4, -0.2) is 36.5 Å². The second-order valence-corrected chi connectivity index (χ2v) is 6.08. The Bertz CT molecular complexity index is 229. The van der Waals surface area contributed by atoms with Crippen LogP contribution in [0.4, 0.5) is 0 Å². The van der Waals surface area contributed by atoms with Gasteiger partial charge in [-0.2, -0.15) is 11.8 Å². The predicted octanol–water partition coefficient (Wildman–Crippen LogP) is 2.45. The van der Waals surface area contributed by atoms with Crippen LogP contribution in [0, 0.1) is 5.92 Å². The third-order valence-corrected chi connectivity index (χ3v) is 4.36. The average Bonchev–Trinajstić information content (AvgIpc) is 2.32. The number of hydrogen-bond donors (Lipinski definition) is 2. The molecular formula is C13H27ClN2OS. The molecule has 18 heavy (non-hydrogen) atoms. The van der Waals surface area contributed by atoms with Crippen LogP contribution in [0.3, 0.4) is 0 Å². The van der Waals surface area contributed by atoms with E-state index in [1.165, 1.54) is 18.6 Å². The van der Waals surface area contributed by atoms with Crippen LogP contribution in [-0.2, 0) is 4.79 Å². The van der Waals surface area contributed by atoms with Gasteiger partial charge < -0.3 is 10.6 Å². The fraction of sp³-hybridized carbons (Fsp3) is 0.923. The van der Waals surface area contributed by atoms with Crippen LogP contribution in [0.25, 0.3) is 0 Å². The van der Waals surface area contributed by atoms with E-state index >= 15 is 0 Å². The molecule has 3 nitrogen and oxygen atoms in total. The van der Waals surface area contributed by atoms with Crippen LogP contribution in [0.15, 0.2) is 0 Å². The van der Waals surface area contributed by atoms with Crippen LogP contribution >= 0.6 is 24.2 Å². The summed E-state index contributed by atoms with van der Waals surface area (Å²) >= 11 is 1.89. The smallest absolute Gasteiger partial charge is 0.221 e. The number of amides is 1. The minimum Gasteiger partial charge on any atom is -0.352 e. The molecule has 0 bridgehead atoms. The summed E-state index contributed by atoms with van der Waals surface area (Å²) in [6.45, 7) is 6.43. The second kappa shape index (κ2) is 10.9.